The van der Waals surface area contributed by atoms with Gasteiger partial charge >= 0.3 is 0 Å². The Morgan fingerprint density at radius 2 is 1.96 bits per heavy atom. The second kappa shape index (κ2) is 9.09. The molecule has 5 heteroatoms. The summed E-state index contributed by atoms with van der Waals surface area (Å²) < 4.78 is 6.06. The summed E-state index contributed by atoms with van der Waals surface area (Å²) in [4.78, 5) is 4.66. The van der Waals surface area contributed by atoms with Gasteiger partial charge in [-0.2, -0.15) is 0 Å². The van der Waals surface area contributed by atoms with Crippen LogP contribution in [0.3, 0.4) is 0 Å². The fraction of sp³-hybridized carbons (Fsp3) is 0.650. The van der Waals surface area contributed by atoms with Gasteiger partial charge in [0.1, 0.15) is 5.75 Å². The van der Waals surface area contributed by atoms with E-state index >= 15 is 0 Å². The highest BCUT2D eigenvalue weighted by atomic mass is 16.5. The molecular formula is C20H33N3O2. The van der Waals surface area contributed by atoms with Crippen molar-refractivity contribution in [3.8, 4) is 5.75 Å². The second-order valence-corrected chi connectivity index (χ2v) is 7.80. The first-order chi connectivity index (χ1) is 11.9. The first-order valence-corrected chi connectivity index (χ1v) is 9.32. The van der Waals surface area contributed by atoms with Crippen LogP contribution in [0.4, 0.5) is 0 Å². The van der Waals surface area contributed by atoms with E-state index in [0.29, 0.717) is 12.5 Å². The highest BCUT2D eigenvalue weighted by molar-refractivity contribution is 5.79. The minimum absolute atomic E-state index is 0.147. The van der Waals surface area contributed by atoms with Crippen molar-refractivity contribution < 1.29 is 9.84 Å². The third-order valence-electron chi connectivity index (χ3n) is 4.53. The molecule has 2 atom stereocenters. The van der Waals surface area contributed by atoms with Gasteiger partial charge in [0.15, 0.2) is 5.96 Å². The fourth-order valence-corrected chi connectivity index (χ4v) is 3.35. The number of guanidine groups is 1. The monoisotopic (exact) mass is 347 g/mol. The highest BCUT2D eigenvalue weighted by Gasteiger charge is 2.35. The molecule has 1 fully saturated rings. The minimum atomic E-state index is 0.147. The first kappa shape index (κ1) is 19.6. The molecule has 0 bridgehead atoms. The summed E-state index contributed by atoms with van der Waals surface area (Å²) in [7, 11) is 0. The molecule has 1 saturated heterocycles. The van der Waals surface area contributed by atoms with Gasteiger partial charge < -0.3 is 20.5 Å². The Kier molecular flexibility index (Phi) is 7.12. The van der Waals surface area contributed by atoms with Crippen LogP contribution in [0, 0.1) is 11.3 Å². The van der Waals surface area contributed by atoms with Crippen molar-refractivity contribution in [3.05, 3.63) is 29.8 Å². The Morgan fingerprint density at radius 3 is 2.60 bits per heavy atom. The van der Waals surface area contributed by atoms with E-state index in [1.165, 1.54) is 6.42 Å². The fourth-order valence-electron chi connectivity index (χ4n) is 3.35. The maximum atomic E-state index is 9.36. The van der Waals surface area contributed by atoms with Crippen LogP contribution in [-0.2, 0) is 11.3 Å². The van der Waals surface area contributed by atoms with Crippen molar-refractivity contribution in [1.29, 1.82) is 0 Å². The van der Waals surface area contributed by atoms with Crippen LogP contribution in [0.25, 0.3) is 0 Å². The minimum Gasteiger partial charge on any atom is -0.508 e. The van der Waals surface area contributed by atoms with Gasteiger partial charge in [-0.3, -0.25) is 0 Å². The average Bonchev–Trinajstić information content (AvgIpc) is 2.58. The third-order valence-corrected chi connectivity index (χ3v) is 4.53. The van der Waals surface area contributed by atoms with Gasteiger partial charge in [-0.1, -0.05) is 32.9 Å². The van der Waals surface area contributed by atoms with Crippen molar-refractivity contribution >= 4 is 5.96 Å². The lowest BCUT2D eigenvalue weighted by molar-refractivity contribution is -0.0835. The van der Waals surface area contributed by atoms with Crippen LogP contribution in [0.1, 0.15) is 46.1 Å². The number of nitrogens with zero attached hydrogens (tertiary/aromatic N) is 1. The number of hydrogen-bond donors (Lipinski definition) is 3. The van der Waals surface area contributed by atoms with Crippen molar-refractivity contribution in [2.75, 3.05) is 19.7 Å². The van der Waals surface area contributed by atoms with Gasteiger partial charge in [0, 0.05) is 25.6 Å². The molecular weight excluding hydrogens is 314 g/mol. The molecule has 1 aromatic carbocycles. The lowest BCUT2D eigenvalue weighted by Crippen LogP contribution is -2.47. The van der Waals surface area contributed by atoms with Crippen LogP contribution in [-0.4, -0.2) is 36.9 Å². The molecule has 0 spiro atoms. The van der Waals surface area contributed by atoms with Crippen LogP contribution >= 0.6 is 0 Å². The average molecular weight is 348 g/mol. The van der Waals surface area contributed by atoms with E-state index in [2.05, 4.69) is 43.3 Å². The normalized spacial score (nSPS) is 21.8. The summed E-state index contributed by atoms with van der Waals surface area (Å²) in [6.45, 7) is 12.0. The van der Waals surface area contributed by atoms with Gasteiger partial charge in [-0.25, -0.2) is 4.99 Å². The Bertz CT molecular complexity index is 549. The zero-order chi connectivity index (χ0) is 18.3. The van der Waals surface area contributed by atoms with E-state index in [9.17, 15) is 5.11 Å². The molecule has 0 saturated carbocycles. The number of benzene rings is 1. The van der Waals surface area contributed by atoms with E-state index in [4.69, 9.17) is 4.74 Å². The predicted molar refractivity (Wildman–Crippen MR) is 103 cm³/mol. The molecule has 3 N–H and O–H groups in total. The molecule has 0 amide bonds. The van der Waals surface area contributed by atoms with Gasteiger partial charge in [0.25, 0.3) is 0 Å². The number of ether oxygens (including phenoxy) is 1. The van der Waals surface area contributed by atoms with Gasteiger partial charge in [0.2, 0.25) is 0 Å². The number of aromatic hydroxyl groups is 1. The van der Waals surface area contributed by atoms with E-state index in [-0.39, 0.29) is 17.3 Å². The predicted octanol–water partition coefficient (Wildman–Crippen LogP) is 3.29. The standard InChI is InChI=1S/C20H33N3O2/c1-5-21-19(22-13-15-8-10-17(24)11-9-15)23-14-16-7-6-12-25-18(16)20(2,3)4/h8-11,16,18,24H,5-7,12-14H2,1-4H3,(H2,21,22,23). The van der Waals surface area contributed by atoms with E-state index in [0.717, 1.165) is 37.6 Å². The van der Waals surface area contributed by atoms with Crippen molar-refractivity contribution in [2.24, 2.45) is 16.3 Å². The lowest BCUT2D eigenvalue weighted by Gasteiger charge is -2.40. The van der Waals surface area contributed by atoms with E-state index in [1.54, 1.807) is 12.1 Å². The van der Waals surface area contributed by atoms with E-state index in [1.807, 2.05) is 12.1 Å². The van der Waals surface area contributed by atoms with Crippen molar-refractivity contribution in [1.82, 2.24) is 10.6 Å². The van der Waals surface area contributed by atoms with Crippen LogP contribution < -0.4 is 10.6 Å². The number of nitrogens with one attached hydrogen (secondary N) is 2. The molecule has 5 nitrogen and oxygen atoms in total. The largest absolute Gasteiger partial charge is 0.508 e. The molecule has 1 aliphatic rings. The summed E-state index contributed by atoms with van der Waals surface area (Å²) in [5, 5.41) is 16.2. The molecule has 1 aromatic rings. The highest BCUT2D eigenvalue weighted by Crippen LogP contribution is 2.33. The Morgan fingerprint density at radius 1 is 1.24 bits per heavy atom. The topological polar surface area (TPSA) is 65.9 Å². The van der Waals surface area contributed by atoms with Crippen LogP contribution in [0.15, 0.2) is 29.3 Å². The summed E-state index contributed by atoms with van der Waals surface area (Å²) in [6.07, 6.45) is 2.58. The maximum absolute atomic E-state index is 9.36. The Hall–Kier alpha value is -1.75. The number of rotatable bonds is 5. The lowest BCUT2D eigenvalue weighted by atomic mass is 9.78. The number of phenols is 1. The smallest absolute Gasteiger partial charge is 0.191 e. The molecule has 25 heavy (non-hydrogen) atoms. The molecule has 140 valence electrons. The Balaban J connectivity index is 1.95. The quantitative estimate of drug-likeness (QED) is 0.565. The molecule has 1 heterocycles. The van der Waals surface area contributed by atoms with Gasteiger partial charge in [-0.15, -0.1) is 0 Å². The number of phenolic OH excluding ortho intramolecular Hbond substituents is 1. The van der Waals surface area contributed by atoms with Crippen LogP contribution in [0.2, 0.25) is 0 Å². The second-order valence-electron chi connectivity index (χ2n) is 7.80. The zero-order valence-corrected chi connectivity index (χ0v) is 16.0. The molecule has 2 rings (SSSR count). The van der Waals surface area contributed by atoms with Gasteiger partial charge in [0.05, 0.1) is 12.6 Å². The van der Waals surface area contributed by atoms with Crippen molar-refractivity contribution in [3.63, 3.8) is 0 Å². The van der Waals surface area contributed by atoms with Crippen molar-refractivity contribution in [2.45, 2.75) is 53.2 Å². The number of hydrogen-bond acceptors (Lipinski definition) is 3. The summed E-state index contributed by atoms with van der Waals surface area (Å²) in [5.74, 6) is 1.60. The molecule has 1 aliphatic heterocycles. The molecule has 0 aromatic heterocycles. The number of aliphatic imine (C=N–C) groups is 1. The zero-order valence-electron chi connectivity index (χ0n) is 16.0. The third kappa shape index (κ3) is 6.24. The maximum Gasteiger partial charge on any atom is 0.191 e. The Labute approximate surface area is 151 Å². The molecule has 2 unspecified atom stereocenters. The summed E-state index contributed by atoms with van der Waals surface area (Å²) in [6, 6.07) is 7.18. The first-order valence-electron chi connectivity index (χ1n) is 9.32. The SMILES string of the molecule is CCNC(=NCc1ccc(O)cc1)NCC1CCCOC1C(C)(C)C. The molecule has 0 radical (unpaired) electrons. The summed E-state index contributed by atoms with van der Waals surface area (Å²) >= 11 is 0. The van der Waals surface area contributed by atoms with Gasteiger partial charge in [-0.05, 0) is 42.9 Å². The van der Waals surface area contributed by atoms with Crippen LogP contribution in [0.5, 0.6) is 5.75 Å². The summed E-state index contributed by atoms with van der Waals surface area (Å²) in [5.41, 5.74) is 1.22. The van der Waals surface area contributed by atoms with E-state index < -0.39 is 0 Å². The molecule has 0 aliphatic carbocycles.